The fraction of sp³-hybridized carbons (Fsp3) is 0.217. The van der Waals surface area contributed by atoms with Gasteiger partial charge in [0, 0.05) is 24.2 Å². The van der Waals surface area contributed by atoms with Crippen molar-refractivity contribution in [2.24, 2.45) is 0 Å². The van der Waals surface area contributed by atoms with Gasteiger partial charge in [0.25, 0.3) is 5.91 Å². The first-order valence-corrected chi connectivity index (χ1v) is 9.44. The number of carbonyl (C=O) groups is 2. The van der Waals surface area contributed by atoms with Gasteiger partial charge in [-0.2, -0.15) is 5.26 Å². The number of rotatable bonds is 2. The molecule has 0 atom stereocenters. The summed E-state index contributed by atoms with van der Waals surface area (Å²) in [5.74, 6) is -0.317. The lowest BCUT2D eigenvalue weighted by Gasteiger charge is -2.34. The Morgan fingerprint density at radius 1 is 1.10 bits per heavy atom. The molecular weight excluding hydrogens is 364 g/mol. The average Bonchev–Trinajstić information content (AvgIpc) is 2.73. The van der Waals surface area contributed by atoms with Crippen LogP contribution in [0, 0.1) is 25.2 Å². The lowest BCUT2D eigenvalue weighted by molar-refractivity contribution is -0.120. The van der Waals surface area contributed by atoms with E-state index in [9.17, 15) is 9.59 Å². The van der Waals surface area contributed by atoms with Crippen molar-refractivity contribution in [3.8, 4) is 6.07 Å². The van der Waals surface area contributed by atoms with Crippen LogP contribution in [0.25, 0.3) is 10.9 Å². The van der Waals surface area contributed by atoms with E-state index in [1.807, 2.05) is 38.1 Å². The van der Waals surface area contributed by atoms with Crippen LogP contribution < -0.4 is 4.90 Å². The molecule has 0 spiro atoms. The molecule has 144 valence electrons. The third kappa shape index (κ3) is 3.43. The molecule has 6 nitrogen and oxygen atoms in total. The molecule has 3 aromatic rings. The standard InChI is InChI=1S/C23H20N4O2/c1-15-4-3-5-18-12-20(16(2)25-22(15)18)23(29)26-10-11-27(21(28)14-26)19-8-6-17(13-24)7-9-19/h3-9,12H,10-11,14H2,1-2H3. The Bertz CT molecular complexity index is 1160. The van der Waals surface area contributed by atoms with Gasteiger partial charge in [-0.1, -0.05) is 18.2 Å². The van der Waals surface area contributed by atoms with Gasteiger partial charge >= 0.3 is 0 Å². The van der Waals surface area contributed by atoms with E-state index in [4.69, 9.17) is 5.26 Å². The van der Waals surface area contributed by atoms with Crippen LogP contribution in [0.5, 0.6) is 0 Å². The predicted octanol–water partition coefficient (Wildman–Crippen LogP) is 3.21. The third-order valence-electron chi connectivity index (χ3n) is 5.28. The lowest BCUT2D eigenvalue weighted by Crippen LogP contribution is -2.52. The summed E-state index contributed by atoms with van der Waals surface area (Å²) in [5.41, 5.74) is 4.44. The molecule has 2 aromatic carbocycles. The minimum atomic E-state index is -0.175. The third-order valence-corrected chi connectivity index (χ3v) is 5.28. The maximum Gasteiger partial charge on any atom is 0.256 e. The molecule has 6 heteroatoms. The van der Waals surface area contributed by atoms with Crippen LogP contribution in [-0.4, -0.2) is 41.3 Å². The molecule has 1 aliphatic rings. The molecule has 4 rings (SSSR count). The van der Waals surface area contributed by atoms with Crippen molar-refractivity contribution in [2.75, 3.05) is 24.5 Å². The van der Waals surface area contributed by atoms with Gasteiger partial charge in [-0.25, -0.2) is 0 Å². The largest absolute Gasteiger partial charge is 0.327 e. The molecule has 0 saturated carbocycles. The summed E-state index contributed by atoms with van der Waals surface area (Å²) >= 11 is 0. The zero-order chi connectivity index (χ0) is 20.5. The molecule has 2 amide bonds. The van der Waals surface area contributed by atoms with Gasteiger partial charge in [-0.05, 0) is 49.7 Å². The summed E-state index contributed by atoms with van der Waals surface area (Å²) in [6.07, 6.45) is 0. The molecule has 1 aliphatic heterocycles. The lowest BCUT2D eigenvalue weighted by atomic mass is 10.1. The van der Waals surface area contributed by atoms with Crippen molar-refractivity contribution < 1.29 is 9.59 Å². The topological polar surface area (TPSA) is 77.3 Å². The zero-order valence-corrected chi connectivity index (χ0v) is 16.3. The van der Waals surface area contributed by atoms with Crippen LogP contribution >= 0.6 is 0 Å². The van der Waals surface area contributed by atoms with Gasteiger partial charge in [0.05, 0.1) is 28.4 Å². The highest BCUT2D eigenvalue weighted by Crippen LogP contribution is 2.23. The summed E-state index contributed by atoms with van der Waals surface area (Å²) in [7, 11) is 0. The van der Waals surface area contributed by atoms with E-state index in [2.05, 4.69) is 11.1 Å². The second-order valence-electron chi connectivity index (χ2n) is 7.20. The van der Waals surface area contributed by atoms with Gasteiger partial charge in [0.2, 0.25) is 5.91 Å². The van der Waals surface area contributed by atoms with E-state index < -0.39 is 0 Å². The minimum absolute atomic E-state index is 0.0180. The highest BCUT2D eigenvalue weighted by atomic mass is 16.2. The minimum Gasteiger partial charge on any atom is -0.327 e. The van der Waals surface area contributed by atoms with Crippen LogP contribution in [-0.2, 0) is 4.79 Å². The van der Waals surface area contributed by atoms with Gasteiger partial charge in [-0.15, -0.1) is 0 Å². The predicted molar refractivity (Wildman–Crippen MR) is 111 cm³/mol. The van der Waals surface area contributed by atoms with E-state index in [1.165, 1.54) is 0 Å². The summed E-state index contributed by atoms with van der Waals surface area (Å²) in [6, 6.07) is 16.7. The summed E-state index contributed by atoms with van der Waals surface area (Å²) in [6.45, 7) is 4.70. The fourth-order valence-corrected chi connectivity index (χ4v) is 3.66. The molecule has 2 heterocycles. The number of carbonyl (C=O) groups excluding carboxylic acids is 2. The Balaban J connectivity index is 1.55. The Morgan fingerprint density at radius 2 is 1.86 bits per heavy atom. The van der Waals surface area contributed by atoms with Crippen molar-refractivity contribution in [1.82, 2.24) is 9.88 Å². The molecule has 29 heavy (non-hydrogen) atoms. The molecule has 1 saturated heterocycles. The second-order valence-corrected chi connectivity index (χ2v) is 7.20. The maximum atomic E-state index is 13.1. The van der Waals surface area contributed by atoms with Crippen LogP contribution in [0.15, 0.2) is 48.5 Å². The Labute approximate surface area is 169 Å². The molecular formula is C23H20N4O2. The van der Waals surface area contributed by atoms with Crippen LogP contribution in [0.4, 0.5) is 5.69 Å². The number of aryl methyl sites for hydroxylation is 2. The van der Waals surface area contributed by atoms with Crippen molar-refractivity contribution in [3.63, 3.8) is 0 Å². The number of hydrogen-bond donors (Lipinski definition) is 0. The number of anilines is 1. The number of nitriles is 1. The van der Waals surface area contributed by atoms with Crippen molar-refractivity contribution >= 4 is 28.4 Å². The molecule has 0 radical (unpaired) electrons. The van der Waals surface area contributed by atoms with Crippen LogP contribution in [0.1, 0.15) is 27.2 Å². The maximum absolute atomic E-state index is 13.1. The van der Waals surface area contributed by atoms with Gasteiger partial charge < -0.3 is 9.80 Å². The normalized spacial score (nSPS) is 14.2. The van der Waals surface area contributed by atoms with E-state index in [0.29, 0.717) is 29.9 Å². The van der Waals surface area contributed by atoms with E-state index in [1.54, 1.807) is 34.1 Å². The van der Waals surface area contributed by atoms with E-state index in [0.717, 1.165) is 22.2 Å². The average molecular weight is 384 g/mol. The van der Waals surface area contributed by atoms with Gasteiger partial charge in [0.1, 0.15) is 6.54 Å². The first-order chi connectivity index (χ1) is 14.0. The molecule has 0 N–H and O–H groups in total. The highest BCUT2D eigenvalue weighted by molar-refractivity contribution is 6.03. The number of amides is 2. The summed E-state index contributed by atoms with van der Waals surface area (Å²) < 4.78 is 0. The number of nitrogens with zero attached hydrogens (tertiary/aromatic N) is 4. The fourth-order valence-electron chi connectivity index (χ4n) is 3.66. The van der Waals surface area contributed by atoms with E-state index >= 15 is 0 Å². The SMILES string of the molecule is Cc1nc2c(C)cccc2cc1C(=O)N1CCN(c2ccc(C#N)cc2)C(=O)C1. The molecule has 1 fully saturated rings. The number of fused-ring (bicyclic) bond motifs is 1. The Hall–Kier alpha value is -3.72. The number of benzene rings is 2. The van der Waals surface area contributed by atoms with E-state index in [-0.39, 0.29) is 18.4 Å². The van der Waals surface area contributed by atoms with Gasteiger partial charge in [-0.3, -0.25) is 14.6 Å². The first-order valence-electron chi connectivity index (χ1n) is 9.44. The van der Waals surface area contributed by atoms with Crippen molar-refractivity contribution in [3.05, 3.63) is 70.9 Å². The Kier molecular flexibility index (Phi) is 4.73. The zero-order valence-electron chi connectivity index (χ0n) is 16.3. The smallest absolute Gasteiger partial charge is 0.256 e. The molecule has 0 bridgehead atoms. The number of pyridine rings is 1. The summed E-state index contributed by atoms with van der Waals surface area (Å²) in [5, 5.41) is 9.84. The summed E-state index contributed by atoms with van der Waals surface area (Å²) in [4.78, 5) is 33.6. The first kappa shape index (κ1) is 18.6. The number of piperazine rings is 1. The number of hydrogen-bond acceptors (Lipinski definition) is 4. The van der Waals surface area contributed by atoms with Crippen LogP contribution in [0.2, 0.25) is 0 Å². The number of para-hydroxylation sites is 1. The van der Waals surface area contributed by atoms with Crippen molar-refractivity contribution in [1.29, 1.82) is 5.26 Å². The van der Waals surface area contributed by atoms with Crippen molar-refractivity contribution in [2.45, 2.75) is 13.8 Å². The molecule has 1 aromatic heterocycles. The monoisotopic (exact) mass is 384 g/mol. The second kappa shape index (κ2) is 7.36. The number of aromatic nitrogens is 1. The molecule has 0 unspecified atom stereocenters. The van der Waals surface area contributed by atoms with Gasteiger partial charge in [0.15, 0.2) is 0 Å². The Morgan fingerprint density at radius 3 is 2.55 bits per heavy atom. The quantitative estimate of drug-likeness (QED) is 0.680. The highest BCUT2D eigenvalue weighted by Gasteiger charge is 2.29. The molecule has 0 aliphatic carbocycles. The van der Waals surface area contributed by atoms with Crippen LogP contribution in [0.3, 0.4) is 0 Å².